The maximum Gasteiger partial charge on any atom is 0.225 e. The van der Waals surface area contributed by atoms with Gasteiger partial charge in [-0.3, -0.25) is 19.5 Å². The van der Waals surface area contributed by atoms with Gasteiger partial charge in [-0.25, -0.2) is 8.78 Å². The van der Waals surface area contributed by atoms with E-state index in [-0.39, 0.29) is 30.7 Å². The van der Waals surface area contributed by atoms with Crippen molar-refractivity contribution in [3.8, 4) is 0 Å². The molecule has 4 rings (SSSR count). The van der Waals surface area contributed by atoms with Gasteiger partial charge in [-0.1, -0.05) is 19.4 Å². The lowest BCUT2D eigenvalue weighted by Crippen LogP contribution is -2.61. The van der Waals surface area contributed by atoms with Crippen LogP contribution in [-0.2, 0) is 22.6 Å². The van der Waals surface area contributed by atoms with Gasteiger partial charge >= 0.3 is 0 Å². The van der Waals surface area contributed by atoms with Gasteiger partial charge < -0.3 is 20.6 Å². The quantitative estimate of drug-likeness (QED) is 0.411. The second-order valence-corrected chi connectivity index (χ2v) is 10.3. The Morgan fingerprint density at radius 2 is 2.03 bits per heavy atom. The number of piperazine rings is 1. The fourth-order valence-corrected chi connectivity index (χ4v) is 5.27. The predicted octanol–water partition coefficient (Wildman–Crippen LogP) is 1.87. The summed E-state index contributed by atoms with van der Waals surface area (Å²) in [5, 5.41) is 17.7. The Labute approximate surface area is 222 Å². The monoisotopic (exact) mass is 529 g/mol. The van der Waals surface area contributed by atoms with Gasteiger partial charge in [-0.15, -0.1) is 0 Å². The van der Waals surface area contributed by atoms with Crippen molar-refractivity contribution in [2.45, 2.75) is 57.3 Å². The summed E-state index contributed by atoms with van der Waals surface area (Å²) >= 11 is 0. The molecule has 0 aliphatic carbocycles. The molecule has 0 bridgehead atoms. The van der Waals surface area contributed by atoms with Gasteiger partial charge in [0, 0.05) is 64.0 Å². The maximum atomic E-state index is 13.9. The number of carbonyl (C=O) groups is 2. The van der Waals surface area contributed by atoms with E-state index in [2.05, 4.69) is 20.5 Å². The first-order chi connectivity index (χ1) is 18.3. The lowest BCUT2D eigenvalue weighted by molar-refractivity contribution is -0.129. The number of likely N-dealkylation sites (tertiary alicyclic amines) is 1. The number of hydrogen-bond donors (Lipinski definition) is 3. The van der Waals surface area contributed by atoms with Gasteiger partial charge in [0.05, 0.1) is 23.8 Å². The molecule has 206 valence electrons. The molecule has 1 aromatic heterocycles. The Morgan fingerprint density at radius 1 is 1.24 bits per heavy atom. The van der Waals surface area contributed by atoms with Crippen LogP contribution in [0.4, 0.5) is 8.78 Å². The number of halogens is 2. The lowest BCUT2D eigenvalue weighted by Gasteiger charge is -2.39. The second-order valence-electron chi connectivity index (χ2n) is 10.3. The minimum atomic E-state index is -1.04. The molecule has 3 heterocycles. The largest absolute Gasteiger partial charge is 0.389 e. The van der Waals surface area contributed by atoms with E-state index in [1.54, 1.807) is 11.1 Å². The Balaban J connectivity index is 1.46. The third-order valence-corrected chi connectivity index (χ3v) is 7.30. The number of amides is 2. The highest BCUT2D eigenvalue weighted by atomic mass is 19.1. The van der Waals surface area contributed by atoms with E-state index in [0.717, 1.165) is 31.1 Å². The molecule has 2 saturated heterocycles. The Bertz CT molecular complexity index is 1070. The highest BCUT2D eigenvalue weighted by Gasteiger charge is 2.37. The molecule has 3 N–H and O–H groups in total. The van der Waals surface area contributed by atoms with Gasteiger partial charge in [0.25, 0.3) is 0 Å². The van der Waals surface area contributed by atoms with E-state index in [1.807, 2.05) is 25.1 Å². The first-order valence-electron chi connectivity index (χ1n) is 13.4. The Morgan fingerprint density at radius 3 is 2.74 bits per heavy atom. The summed E-state index contributed by atoms with van der Waals surface area (Å²) in [6.45, 7) is 5.53. The van der Waals surface area contributed by atoms with Crippen LogP contribution in [0.25, 0.3) is 0 Å². The molecular weight excluding hydrogens is 492 g/mol. The zero-order valence-electron chi connectivity index (χ0n) is 21.8. The average molecular weight is 530 g/mol. The summed E-state index contributed by atoms with van der Waals surface area (Å²) in [6, 6.07) is 7.75. The van der Waals surface area contributed by atoms with Crippen molar-refractivity contribution in [3.63, 3.8) is 0 Å². The van der Waals surface area contributed by atoms with Crippen LogP contribution in [0.2, 0.25) is 0 Å². The molecule has 2 aliphatic rings. The van der Waals surface area contributed by atoms with Crippen LogP contribution in [0, 0.1) is 17.6 Å². The minimum absolute atomic E-state index is 0.0419. The van der Waals surface area contributed by atoms with E-state index in [0.29, 0.717) is 38.3 Å². The molecule has 2 aliphatic heterocycles. The third-order valence-electron chi connectivity index (χ3n) is 7.30. The Kier molecular flexibility index (Phi) is 9.76. The number of unbranched alkanes of at least 4 members (excludes halogenated alkanes) is 1. The number of nitrogens with zero attached hydrogens (tertiary/aromatic N) is 3. The number of aliphatic hydroxyl groups is 1. The van der Waals surface area contributed by atoms with Crippen LogP contribution < -0.4 is 10.6 Å². The molecule has 10 heteroatoms. The van der Waals surface area contributed by atoms with E-state index < -0.39 is 29.7 Å². The SMILES string of the molecule is CCCCN1CC(C(=O)N[C@@H](Cc2cc(F)cc(F)c2)[C@H](O)[C@H]2CN(Cc3ccccn3)CCN2)CC1=O. The van der Waals surface area contributed by atoms with Gasteiger partial charge in [0.1, 0.15) is 11.6 Å². The van der Waals surface area contributed by atoms with Crippen molar-refractivity contribution in [1.29, 1.82) is 0 Å². The van der Waals surface area contributed by atoms with Gasteiger partial charge in [0.15, 0.2) is 0 Å². The van der Waals surface area contributed by atoms with E-state index in [4.69, 9.17) is 0 Å². The highest BCUT2D eigenvalue weighted by Crippen LogP contribution is 2.21. The normalized spacial score (nSPS) is 21.9. The molecule has 0 spiro atoms. The van der Waals surface area contributed by atoms with Crippen molar-refractivity contribution >= 4 is 11.8 Å². The fourth-order valence-electron chi connectivity index (χ4n) is 5.27. The standard InChI is InChI=1S/C28H37F2N5O3/c1-2-3-9-35-16-20(14-26(35)36)28(38)33-24(13-19-11-21(29)15-22(30)12-19)27(37)25-18-34(10-8-32-25)17-23-6-4-5-7-31-23/h4-7,11-12,15,20,24-25,27,32,37H,2-3,8-10,13-14,16-18H2,1H3,(H,33,38)/t20?,24-,25+,27-/m0/s1. The smallest absolute Gasteiger partial charge is 0.225 e. The zero-order valence-corrected chi connectivity index (χ0v) is 21.8. The van der Waals surface area contributed by atoms with Crippen molar-refractivity contribution in [2.75, 3.05) is 32.7 Å². The van der Waals surface area contributed by atoms with Crippen LogP contribution in [0.3, 0.4) is 0 Å². The molecule has 4 atom stereocenters. The van der Waals surface area contributed by atoms with Crippen molar-refractivity contribution < 1.29 is 23.5 Å². The molecule has 38 heavy (non-hydrogen) atoms. The van der Waals surface area contributed by atoms with Crippen molar-refractivity contribution in [1.82, 2.24) is 25.4 Å². The molecular formula is C28H37F2N5O3. The maximum absolute atomic E-state index is 13.9. The summed E-state index contributed by atoms with van der Waals surface area (Å²) in [7, 11) is 0. The van der Waals surface area contributed by atoms with Crippen molar-refractivity contribution in [3.05, 3.63) is 65.5 Å². The van der Waals surface area contributed by atoms with E-state index >= 15 is 0 Å². The summed E-state index contributed by atoms with van der Waals surface area (Å²) in [6.07, 6.45) is 2.68. The third kappa shape index (κ3) is 7.55. The highest BCUT2D eigenvalue weighted by molar-refractivity contribution is 5.89. The number of aromatic nitrogens is 1. The second kappa shape index (κ2) is 13.2. The number of rotatable bonds is 11. The summed E-state index contributed by atoms with van der Waals surface area (Å²) in [4.78, 5) is 33.9. The molecule has 8 nitrogen and oxygen atoms in total. The topological polar surface area (TPSA) is 97.8 Å². The summed E-state index contributed by atoms with van der Waals surface area (Å²) in [5.74, 6) is -2.35. The number of carbonyl (C=O) groups excluding carboxylic acids is 2. The predicted molar refractivity (Wildman–Crippen MR) is 139 cm³/mol. The van der Waals surface area contributed by atoms with Gasteiger partial charge in [-0.2, -0.15) is 0 Å². The molecule has 1 unspecified atom stereocenters. The molecule has 2 fully saturated rings. The summed E-state index contributed by atoms with van der Waals surface area (Å²) < 4.78 is 27.9. The van der Waals surface area contributed by atoms with Crippen LogP contribution >= 0.6 is 0 Å². The molecule has 0 saturated carbocycles. The van der Waals surface area contributed by atoms with Crippen LogP contribution in [-0.4, -0.2) is 82.6 Å². The number of hydrogen-bond acceptors (Lipinski definition) is 6. The first kappa shape index (κ1) is 28.1. The molecule has 1 aromatic carbocycles. The number of pyridine rings is 1. The minimum Gasteiger partial charge on any atom is -0.389 e. The van der Waals surface area contributed by atoms with Gasteiger partial charge in [-0.05, 0) is 42.7 Å². The zero-order chi connectivity index (χ0) is 27.1. The molecule has 0 radical (unpaired) electrons. The number of aliphatic hydroxyl groups excluding tert-OH is 1. The van der Waals surface area contributed by atoms with E-state index in [9.17, 15) is 23.5 Å². The number of benzene rings is 1. The Hall–Kier alpha value is -2.95. The average Bonchev–Trinajstić information content (AvgIpc) is 3.27. The lowest BCUT2D eigenvalue weighted by atomic mass is 9.94. The number of nitrogens with one attached hydrogen (secondary N) is 2. The first-order valence-corrected chi connectivity index (χ1v) is 13.4. The van der Waals surface area contributed by atoms with Crippen LogP contribution in [0.1, 0.15) is 37.4 Å². The molecule has 2 amide bonds. The fraction of sp³-hybridized carbons (Fsp3) is 0.536. The van der Waals surface area contributed by atoms with Gasteiger partial charge in [0.2, 0.25) is 11.8 Å². The summed E-state index contributed by atoms with van der Waals surface area (Å²) in [5.41, 5.74) is 1.25. The van der Waals surface area contributed by atoms with Crippen LogP contribution in [0.5, 0.6) is 0 Å². The van der Waals surface area contributed by atoms with Crippen LogP contribution in [0.15, 0.2) is 42.6 Å². The van der Waals surface area contributed by atoms with E-state index in [1.165, 1.54) is 12.1 Å². The van der Waals surface area contributed by atoms with Crippen molar-refractivity contribution in [2.24, 2.45) is 5.92 Å². The molecule has 2 aromatic rings.